The molecule has 7 heteroatoms. The van der Waals surface area contributed by atoms with E-state index in [9.17, 15) is 9.59 Å². The first-order valence-corrected chi connectivity index (χ1v) is 7.78. The standard InChI is InChI=1S/C14H17N3O3S/c1-15-11-6-20-5-9(11)14(19)16-8-2-3-12-10(4-8)17-13(18)7-21-12/h2-4,9,11,15H,5-7H2,1H3,(H,16,19)(H,17,18). The van der Waals surface area contributed by atoms with Gasteiger partial charge in [-0.1, -0.05) is 0 Å². The first-order chi connectivity index (χ1) is 10.2. The zero-order valence-electron chi connectivity index (χ0n) is 11.6. The van der Waals surface area contributed by atoms with Gasteiger partial charge in [0.25, 0.3) is 0 Å². The SMILES string of the molecule is CNC1COCC1C(=O)Nc1ccc2c(c1)NC(=O)CS2. The fourth-order valence-electron chi connectivity index (χ4n) is 2.49. The lowest BCUT2D eigenvalue weighted by Gasteiger charge is -2.19. The molecule has 0 bridgehead atoms. The normalized spacial score (nSPS) is 24.3. The van der Waals surface area contributed by atoms with Crippen molar-refractivity contribution in [2.45, 2.75) is 10.9 Å². The van der Waals surface area contributed by atoms with Crippen LogP contribution in [0.2, 0.25) is 0 Å². The summed E-state index contributed by atoms with van der Waals surface area (Å²) in [5.41, 5.74) is 1.44. The summed E-state index contributed by atoms with van der Waals surface area (Å²) in [7, 11) is 1.82. The van der Waals surface area contributed by atoms with Crippen molar-refractivity contribution in [3.63, 3.8) is 0 Å². The number of amides is 2. The van der Waals surface area contributed by atoms with E-state index in [1.165, 1.54) is 11.8 Å². The molecule has 2 aliphatic rings. The number of likely N-dealkylation sites (N-methyl/N-ethyl adjacent to an activating group) is 1. The molecule has 112 valence electrons. The molecule has 2 amide bonds. The smallest absolute Gasteiger partial charge is 0.234 e. The maximum atomic E-state index is 12.3. The molecule has 2 heterocycles. The van der Waals surface area contributed by atoms with Crippen molar-refractivity contribution >= 4 is 35.0 Å². The Morgan fingerprint density at radius 2 is 2.29 bits per heavy atom. The zero-order valence-corrected chi connectivity index (χ0v) is 12.5. The van der Waals surface area contributed by atoms with Gasteiger partial charge in [0.05, 0.1) is 30.6 Å². The number of hydrogen-bond donors (Lipinski definition) is 3. The van der Waals surface area contributed by atoms with E-state index in [1.807, 2.05) is 19.2 Å². The third kappa shape index (κ3) is 3.04. The van der Waals surface area contributed by atoms with Gasteiger partial charge in [-0.05, 0) is 25.2 Å². The number of carbonyl (C=O) groups is 2. The van der Waals surface area contributed by atoms with E-state index in [1.54, 1.807) is 6.07 Å². The highest BCUT2D eigenvalue weighted by Gasteiger charge is 2.33. The molecule has 21 heavy (non-hydrogen) atoms. The highest BCUT2D eigenvalue weighted by molar-refractivity contribution is 8.00. The summed E-state index contributed by atoms with van der Waals surface area (Å²) in [6.07, 6.45) is 0. The summed E-state index contributed by atoms with van der Waals surface area (Å²) in [6.45, 7) is 0.973. The van der Waals surface area contributed by atoms with Crippen LogP contribution in [-0.4, -0.2) is 43.9 Å². The van der Waals surface area contributed by atoms with Crippen LogP contribution in [0.1, 0.15) is 0 Å². The Hall–Kier alpha value is -1.57. The molecule has 0 spiro atoms. The number of ether oxygens (including phenoxy) is 1. The molecule has 2 atom stereocenters. The van der Waals surface area contributed by atoms with Crippen LogP contribution in [0.25, 0.3) is 0 Å². The summed E-state index contributed by atoms with van der Waals surface area (Å²) in [4.78, 5) is 24.7. The van der Waals surface area contributed by atoms with E-state index >= 15 is 0 Å². The van der Waals surface area contributed by atoms with Crippen LogP contribution in [0.5, 0.6) is 0 Å². The molecule has 1 fully saturated rings. The minimum Gasteiger partial charge on any atom is -0.379 e. The summed E-state index contributed by atoms with van der Waals surface area (Å²) in [5.74, 6) is 0.147. The number of thioether (sulfide) groups is 1. The topological polar surface area (TPSA) is 79.5 Å². The van der Waals surface area contributed by atoms with Gasteiger partial charge in [0.15, 0.2) is 0 Å². The summed E-state index contributed by atoms with van der Waals surface area (Å²) in [5, 5.41) is 8.80. The lowest BCUT2D eigenvalue weighted by Crippen LogP contribution is -2.39. The van der Waals surface area contributed by atoms with Crippen molar-refractivity contribution in [1.82, 2.24) is 5.32 Å². The largest absolute Gasteiger partial charge is 0.379 e. The first-order valence-electron chi connectivity index (χ1n) is 6.80. The molecule has 1 saturated heterocycles. The van der Waals surface area contributed by atoms with E-state index in [-0.39, 0.29) is 23.8 Å². The van der Waals surface area contributed by atoms with Gasteiger partial charge >= 0.3 is 0 Å². The molecule has 1 aromatic carbocycles. The highest BCUT2D eigenvalue weighted by atomic mass is 32.2. The minimum absolute atomic E-state index is 0.0181. The second-order valence-corrected chi connectivity index (χ2v) is 6.09. The fourth-order valence-corrected chi connectivity index (χ4v) is 3.28. The molecule has 2 unspecified atom stereocenters. The molecule has 0 saturated carbocycles. The fraction of sp³-hybridized carbons (Fsp3) is 0.429. The van der Waals surface area contributed by atoms with E-state index in [2.05, 4.69) is 16.0 Å². The van der Waals surface area contributed by atoms with Crippen LogP contribution in [0, 0.1) is 5.92 Å². The van der Waals surface area contributed by atoms with E-state index in [4.69, 9.17) is 4.74 Å². The third-order valence-electron chi connectivity index (χ3n) is 3.67. The maximum absolute atomic E-state index is 12.3. The molecule has 0 aliphatic carbocycles. The number of nitrogens with one attached hydrogen (secondary N) is 3. The monoisotopic (exact) mass is 307 g/mol. The van der Waals surface area contributed by atoms with E-state index < -0.39 is 0 Å². The van der Waals surface area contributed by atoms with Gasteiger partial charge in [-0.15, -0.1) is 11.8 Å². The average molecular weight is 307 g/mol. The quantitative estimate of drug-likeness (QED) is 0.773. The van der Waals surface area contributed by atoms with Gasteiger partial charge in [0, 0.05) is 16.6 Å². The Balaban J connectivity index is 1.72. The van der Waals surface area contributed by atoms with Crippen molar-refractivity contribution in [1.29, 1.82) is 0 Å². The molecular formula is C14H17N3O3S. The van der Waals surface area contributed by atoms with E-state index in [0.717, 1.165) is 10.6 Å². The molecule has 0 radical (unpaired) electrons. The van der Waals surface area contributed by atoms with Crippen LogP contribution >= 0.6 is 11.8 Å². The van der Waals surface area contributed by atoms with Crippen LogP contribution in [-0.2, 0) is 14.3 Å². The number of benzene rings is 1. The second-order valence-electron chi connectivity index (χ2n) is 5.08. The van der Waals surface area contributed by atoms with Gasteiger partial charge in [0.1, 0.15) is 0 Å². The number of carbonyl (C=O) groups excluding carboxylic acids is 2. The average Bonchev–Trinajstić information content (AvgIpc) is 2.95. The molecule has 1 aromatic rings. The van der Waals surface area contributed by atoms with Gasteiger partial charge in [-0.2, -0.15) is 0 Å². The van der Waals surface area contributed by atoms with Crippen LogP contribution < -0.4 is 16.0 Å². The Labute approximate surface area is 127 Å². The van der Waals surface area contributed by atoms with Crippen LogP contribution in [0.4, 0.5) is 11.4 Å². The first kappa shape index (κ1) is 14.4. The minimum atomic E-state index is -0.199. The lowest BCUT2D eigenvalue weighted by molar-refractivity contribution is -0.120. The Bertz CT molecular complexity index is 579. The predicted octanol–water partition coefficient (Wildman–Crippen LogP) is 0.904. The highest BCUT2D eigenvalue weighted by Crippen LogP contribution is 2.33. The van der Waals surface area contributed by atoms with Gasteiger partial charge in [-0.25, -0.2) is 0 Å². The van der Waals surface area contributed by atoms with Gasteiger partial charge < -0.3 is 20.7 Å². The zero-order chi connectivity index (χ0) is 14.8. The van der Waals surface area contributed by atoms with Crippen molar-refractivity contribution in [2.24, 2.45) is 5.92 Å². The molecule has 3 rings (SSSR count). The van der Waals surface area contributed by atoms with Crippen LogP contribution in [0.3, 0.4) is 0 Å². The van der Waals surface area contributed by atoms with Crippen molar-refractivity contribution in [3.05, 3.63) is 18.2 Å². The van der Waals surface area contributed by atoms with Gasteiger partial charge in [-0.3, -0.25) is 9.59 Å². The number of fused-ring (bicyclic) bond motifs is 1. The summed E-state index contributed by atoms with van der Waals surface area (Å²) < 4.78 is 5.34. The molecule has 3 N–H and O–H groups in total. The molecule has 2 aliphatic heterocycles. The third-order valence-corrected chi connectivity index (χ3v) is 4.74. The number of anilines is 2. The summed E-state index contributed by atoms with van der Waals surface area (Å²) in [6, 6.07) is 5.60. The maximum Gasteiger partial charge on any atom is 0.234 e. The molecular weight excluding hydrogens is 290 g/mol. The van der Waals surface area contributed by atoms with Crippen molar-refractivity contribution in [3.8, 4) is 0 Å². The Morgan fingerprint density at radius 3 is 3.10 bits per heavy atom. The number of hydrogen-bond acceptors (Lipinski definition) is 5. The predicted molar refractivity (Wildman–Crippen MR) is 81.6 cm³/mol. The lowest BCUT2D eigenvalue weighted by atomic mass is 10.0. The van der Waals surface area contributed by atoms with Crippen molar-refractivity contribution in [2.75, 3.05) is 36.6 Å². The summed E-state index contributed by atoms with van der Waals surface area (Å²) >= 11 is 1.50. The molecule has 6 nitrogen and oxygen atoms in total. The Kier molecular flexibility index (Phi) is 4.14. The van der Waals surface area contributed by atoms with Crippen LogP contribution in [0.15, 0.2) is 23.1 Å². The van der Waals surface area contributed by atoms with Gasteiger partial charge in [0.2, 0.25) is 11.8 Å². The van der Waals surface area contributed by atoms with Crippen molar-refractivity contribution < 1.29 is 14.3 Å². The Morgan fingerprint density at radius 1 is 1.43 bits per heavy atom. The van der Waals surface area contributed by atoms with E-state index in [0.29, 0.717) is 24.7 Å². The second kappa shape index (κ2) is 6.05. The molecule has 0 aromatic heterocycles. The number of rotatable bonds is 3.